The van der Waals surface area contributed by atoms with Gasteiger partial charge in [-0.1, -0.05) is 0 Å². The molecule has 0 aromatic carbocycles. The van der Waals surface area contributed by atoms with Crippen LogP contribution in [-0.2, 0) is 6.54 Å². The van der Waals surface area contributed by atoms with Crippen LogP contribution in [0.25, 0.3) is 0 Å². The number of nitrogens with zero attached hydrogens (tertiary/aromatic N) is 4. The third-order valence-electron chi connectivity index (χ3n) is 4.38. The van der Waals surface area contributed by atoms with Gasteiger partial charge in [-0.3, -0.25) is 4.90 Å². The molecule has 20 heavy (non-hydrogen) atoms. The van der Waals surface area contributed by atoms with Crippen molar-refractivity contribution in [2.24, 2.45) is 5.92 Å². The molecule has 1 aliphatic heterocycles. The maximum Gasteiger partial charge on any atom is 0.141 e. The van der Waals surface area contributed by atoms with E-state index < -0.39 is 0 Å². The van der Waals surface area contributed by atoms with Crippen molar-refractivity contribution < 1.29 is 0 Å². The van der Waals surface area contributed by atoms with Crippen molar-refractivity contribution in [1.82, 2.24) is 25.0 Å². The molecule has 5 heteroatoms. The molecular formula is C15H27N5. The molecule has 2 heterocycles. The van der Waals surface area contributed by atoms with Gasteiger partial charge in [-0.05, 0) is 58.5 Å². The first-order valence-electron chi connectivity index (χ1n) is 8.06. The number of nitrogens with one attached hydrogen (secondary N) is 1. The molecule has 0 spiro atoms. The molecule has 1 aromatic rings. The van der Waals surface area contributed by atoms with Gasteiger partial charge < -0.3 is 5.32 Å². The summed E-state index contributed by atoms with van der Waals surface area (Å²) in [5.74, 6) is 1.91. The Labute approximate surface area is 121 Å². The molecular weight excluding hydrogens is 250 g/mol. The Hall–Kier alpha value is -0.940. The minimum atomic E-state index is 0.393. The molecule has 1 unspecified atom stereocenters. The third kappa shape index (κ3) is 3.58. The first-order chi connectivity index (χ1) is 9.72. The molecule has 0 amide bonds. The number of rotatable bonds is 6. The smallest absolute Gasteiger partial charge is 0.141 e. The first kappa shape index (κ1) is 14.0. The van der Waals surface area contributed by atoms with Crippen LogP contribution in [0.1, 0.15) is 51.4 Å². The second kappa shape index (κ2) is 6.22. The molecule has 0 bridgehead atoms. The molecule has 1 saturated carbocycles. The maximum atomic E-state index is 4.44. The van der Waals surface area contributed by atoms with E-state index in [1.807, 2.05) is 4.68 Å². The van der Waals surface area contributed by atoms with E-state index in [1.54, 1.807) is 6.33 Å². The van der Waals surface area contributed by atoms with Crippen molar-refractivity contribution >= 4 is 0 Å². The minimum absolute atomic E-state index is 0.393. The average Bonchev–Trinajstić information content (AvgIpc) is 3.15. The molecule has 1 aliphatic carbocycles. The van der Waals surface area contributed by atoms with Gasteiger partial charge in [0.25, 0.3) is 0 Å². The van der Waals surface area contributed by atoms with E-state index in [4.69, 9.17) is 0 Å². The second-order valence-corrected chi connectivity index (χ2v) is 6.64. The van der Waals surface area contributed by atoms with E-state index in [-0.39, 0.29) is 0 Å². The predicted octanol–water partition coefficient (Wildman–Crippen LogP) is 1.82. The normalized spacial score (nSPS) is 24.4. The Morgan fingerprint density at radius 1 is 1.35 bits per heavy atom. The van der Waals surface area contributed by atoms with E-state index in [9.17, 15) is 0 Å². The monoisotopic (exact) mass is 277 g/mol. The molecule has 112 valence electrons. The van der Waals surface area contributed by atoms with Gasteiger partial charge in [0.05, 0.1) is 6.54 Å². The van der Waals surface area contributed by atoms with Crippen LogP contribution in [0.2, 0.25) is 0 Å². The van der Waals surface area contributed by atoms with Gasteiger partial charge >= 0.3 is 0 Å². The van der Waals surface area contributed by atoms with Gasteiger partial charge in [-0.2, -0.15) is 5.10 Å². The standard InChI is InChI=1S/C15H27N5/c1-12(2)20-15(17-11-18-20)10-19-7-3-4-13(9-19)8-16-14-5-6-14/h11-14,16H,3-10H2,1-2H3. The summed E-state index contributed by atoms with van der Waals surface area (Å²) in [6, 6.07) is 1.22. The SMILES string of the molecule is CC(C)n1ncnc1CN1CCCC(CNC2CC2)C1. The summed E-state index contributed by atoms with van der Waals surface area (Å²) in [7, 11) is 0. The Morgan fingerprint density at radius 3 is 2.95 bits per heavy atom. The van der Waals surface area contributed by atoms with Gasteiger partial charge in [0, 0.05) is 18.6 Å². The highest BCUT2D eigenvalue weighted by Gasteiger charge is 2.25. The highest BCUT2D eigenvalue weighted by atomic mass is 15.4. The van der Waals surface area contributed by atoms with Crippen molar-refractivity contribution in [3.05, 3.63) is 12.2 Å². The molecule has 2 aliphatic rings. The van der Waals surface area contributed by atoms with E-state index in [0.717, 1.165) is 24.3 Å². The van der Waals surface area contributed by atoms with Crippen LogP contribution in [0.4, 0.5) is 0 Å². The van der Waals surface area contributed by atoms with Gasteiger partial charge in [0.1, 0.15) is 12.2 Å². The van der Waals surface area contributed by atoms with Gasteiger partial charge in [-0.15, -0.1) is 0 Å². The van der Waals surface area contributed by atoms with Crippen LogP contribution in [-0.4, -0.2) is 45.3 Å². The van der Waals surface area contributed by atoms with Crippen molar-refractivity contribution in [3.8, 4) is 0 Å². The molecule has 5 nitrogen and oxygen atoms in total. The summed E-state index contributed by atoms with van der Waals surface area (Å²) in [5.41, 5.74) is 0. The lowest BCUT2D eigenvalue weighted by atomic mass is 9.98. The molecule has 1 N–H and O–H groups in total. The van der Waals surface area contributed by atoms with Crippen LogP contribution in [0, 0.1) is 5.92 Å². The summed E-state index contributed by atoms with van der Waals surface area (Å²) in [6.45, 7) is 8.86. The van der Waals surface area contributed by atoms with E-state index >= 15 is 0 Å². The Bertz CT molecular complexity index is 424. The zero-order valence-corrected chi connectivity index (χ0v) is 12.8. The van der Waals surface area contributed by atoms with Crippen LogP contribution in [0.15, 0.2) is 6.33 Å². The summed E-state index contributed by atoms with van der Waals surface area (Å²) < 4.78 is 2.05. The lowest BCUT2D eigenvalue weighted by Crippen LogP contribution is -2.40. The quantitative estimate of drug-likeness (QED) is 0.861. The fourth-order valence-electron chi connectivity index (χ4n) is 3.10. The fraction of sp³-hybridized carbons (Fsp3) is 0.867. The highest BCUT2D eigenvalue weighted by molar-refractivity contribution is 4.89. The Balaban J connectivity index is 1.52. The van der Waals surface area contributed by atoms with Crippen LogP contribution < -0.4 is 5.32 Å². The van der Waals surface area contributed by atoms with Gasteiger partial charge in [0.2, 0.25) is 0 Å². The van der Waals surface area contributed by atoms with Crippen LogP contribution in [0.5, 0.6) is 0 Å². The molecule has 1 saturated heterocycles. The second-order valence-electron chi connectivity index (χ2n) is 6.64. The Kier molecular flexibility index (Phi) is 4.36. The average molecular weight is 277 g/mol. The third-order valence-corrected chi connectivity index (χ3v) is 4.38. The summed E-state index contributed by atoms with van der Waals surface area (Å²) in [5, 5.41) is 8.01. The summed E-state index contributed by atoms with van der Waals surface area (Å²) >= 11 is 0. The predicted molar refractivity (Wildman–Crippen MR) is 79.4 cm³/mol. The Morgan fingerprint density at radius 2 is 2.20 bits per heavy atom. The van der Waals surface area contributed by atoms with Crippen molar-refractivity contribution in [2.45, 2.75) is 58.2 Å². The number of hydrogen-bond acceptors (Lipinski definition) is 4. The van der Waals surface area contributed by atoms with E-state index in [2.05, 4.69) is 34.1 Å². The fourth-order valence-corrected chi connectivity index (χ4v) is 3.10. The minimum Gasteiger partial charge on any atom is -0.314 e. The van der Waals surface area contributed by atoms with E-state index in [1.165, 1.54) is 45.3 Å². The summed E-state index contributed by atoms with van der Waals surface area (Å²) in [6.07, 6.45) is 7.13. The largest absolute Gasteiger partial charge is 0.314 e. The van der Waals surface area contributed by atoms with Gasteiger partial charge in [0.15, 0.2) is 0 Å². The van der Waals surface area contributed by atoms with Crippen molar-refractivity contribution in [1.29, 1.82) is 0 Å². The molecule has 2 fully saturated rings. The molecule has 1 atom stereocenters. The van der Waals surface area contributed by atoms with Crippen LogP contribution in [0.3, 0.4) is 0 Å². The highest BCUT2D eigenvalue weighted by Crippen LogP contribution is 2.22. The zero-order valence-electron chi connectivity index (χ0n) is 12.8. The number of piperidine rings is 1. The topological polar surface area (TPSA) is 46.0 Å². The summed E-state index contributed by atoms with van der Waals surface area (Å²) in [4.78, 5) is 6.98. The zero-order chi connectivity index (χ0) is 13.9. The van der Waals surface area contributed by atoms with Crippen molar-refractivity contribution in [3.63, 3.8) is 0 Å². The molecule has 1 aromatic heterocycles. The van der Waals surface area contributed by atoms with Crippen molar-refractivity contribution in [2.75, 3.05) is 19.6 Å². The lowest BCUT2D eigenvalue weighted by Gasteiger charge is -2.32. The van der Waals surface area contributed by atoms with Crippen LogP contribution >= 0.6 is 0 Å². The lowest BCUT2D eigenvalue weighted by molar-refractivity contribution is 0.158. The number of hydrogen-bond donors (Lipinski definition) is 1. The molecule has 0 radical (unpaired) electrons. The molecule has 3 rings (SSSR count). The maximum absolute atomic E-state index is 4.44. The first-order valence-corrected chi connectivity index (χ1v) is 8.06. The van der Waals surface area contributed by atoms with E-state index in [0.29, 0.717) is 6.04 Å². The van der Waals surface area contributed by atoms with Gasteiger partial charge in [-0.25, -0.2) is 9.67 Å². The number of aromatic nitrogens is 3. The number of likely N-dealkylation sites (tertiary alicyclic amines) is 1.